The average Bonchev–Trinajstić information content (AvgIpc) is 2.37. The Balaban J connectivity index is 2.23. The van der Waals surface area contributed by atoms with Gasteiger partial charge in [0, 0.05) is 20.2 Å². The number of hydrogen-bond acceptors (Lipinski definition) is 4. The van der Waals surface area contributed by atoms with Gasteiger partial charge in [-0.05, 0) is 55.9 Å². The predicted molar refractivity (Wildman–Crippen MR) is 82.6 cm³/mol. The second-order valence-corrected chi connectivity index (χ2v) is 7.55. The highest BCUT2D eigenvalue weighted by Crippen LogP contribution is 2.34. The molecule has 0 radical (unpaired) electrons. The fraction of sp³-hybridized carbons (Fsp3) is 0.600. The minimum atomic E-state index is -3.55. The first-order chi connectivity index (χ1) is 9.83. The molecule has 2 rings (SSSR count). The molecule has 21 heavy (non-hydrogen) atoms. The summed E-state index contributed by atoms with van der Waals surface area (Å²) in [5, 5.41) is 0. The molecule has 1 saturated carbocycles. The molecule has 3 N–H and O–H groups in total. The SMILES string of the molecule is COC1(CNS(=O)(=O)c2cc(CN)c(C)cc2C)CCC1. The van der Waals surface area contributed by atoms with Crippen LogP contribution in [0.5, 0.6) is 0 Å². The third kappa shape index (κ3) is 3.29. The molecule has 1 aliphatic carbocycles. The van der Waals surface area contributed by atoms with Crippen molar-refractivity contribution in [3.63, 3.8) is 0 Å². The van der Waals surface area contributed by atoms with Crippen molar-refractivity contribution in [1.29, 1.82) is 0 Å². The molecule has 1 aromatic rings. The second kappa shape index (κ2) is 6.04. The molecule has 0 unspecified atom stereocenters. The van der Waals surface area contributed by atoms with E-state index in [1.54, 1.807) is 20.1 Å². The maximum Gasteiger partial charge on any atom is 0.240 e. The summed E-state index contributed by atoms with van der Waals surface area (Å²) in [6.45, 7) is 4.39. The van der Waals surface area contributed by atoms with E-state index in [9.17, 15) is 8.42 Å². The number of hydrogen-bond donors (Lipinski definition) is 2. The molecule has 1 fully saturated rings. The van der Waals surface area contributed by atoms with Crippen molar-refractivity contribution < 1.29 is 13.2 Å². The van der Waals surface area contributed by atoms with Gasteiger partial charge in [-0.3, -0.25) is 0 Å². The van der Waals surface area contributed by atoms with E-state index in [-0.39, 0.29) is 5.60 Å². The largest absolute Gasteiger partial charge is 0.377 e. The molecule has 0 amide bonds. The molecule has 6 heteroatoms. The van der Waals surface area contributed by atoms with Crippen molar-refractivity contribution >= 4 is 10.0 Å². The Morgan fingerprint density at radius 3 is 2.43 bits per heavy atom. The van der Waals surface area contributed by atoms with Crippen LogP contribution in [-0.2, 0) is 21.3 Å². The van der Waals surface area contributed by atoms with Crippen LogP contribution in [0.1, 0.15) is 36.0 Å². The van der Waals surface area contributed by atoms with Gasteiger partial charge in [0.2, 0.25) is 10.0 Å². The molecule has 5 nitrogen and oxygen atoms in total. The summed E-state index contributed by atoms with van der Waals surface area (Å²) in [5.74, 6) is 0. The molecule has 0 atom stereocenters. The highest BCUT2D eigenvalue weighted by atomic mass is 32.2. The van der Waals surface area contributed by atoms with Crippen molar-refractivity contribution in [2.45, 2.75) is 50.2 Å². The number of benzene rings is 1. The van der Waals surface area contributed by atoms with Crippen LogP contribution in [-0.4, -0.2) is 27.7 Å². The quantitative estimate of drug-likeness (QED) is 0.836. The fourth-order valence-electron chi connectivity index (χ4n) is 2.71. The Hall–Kier alpha value is -0.950. The van der Waals surface area contributed by atoms with Crippen LogP contribution in [0, 0.1) is 13.8 Å². The molecule has 0 aromatic heterocycles. The first-order valence-electron chi connectivity index (χ1n) is 7.18. The molecular formula is C15H24N2O3S. The highest BCUT2D eigenvalue weighted by molar-refractivity contribution is 7.89. The van der Waals surface area contributed by atoms with E-state index in [1.807, 2.05) is 13.0 Å². The van der Waals surface area contributed by atoms with E-state index in [2.05, 4.69) is 4.72 Å². The van der Waals surface area contributed by atoms with Crippen molar-refractivity contribution in [2.24, 2.45) is 5.73 Å². The zero-order chi connectivity index (χ0) is 15.7. The van der Waals surface area contributed by atoms with Crippen LogP contribution >= 0.6 is 0 Å². The average molecular weight is 312 g/mol. The van der Waals surface area contributed by atoms with Crippen LogP contribution in [0.3, 0.4) is 0 Å². The second-order valence-electron chi connectivity index (χ2n) is 5.81. The lowest BCUT2D eigenvalue weighted by atomic mass is 9.80. The maximum absolute atomic E-state index is 12.5. The van der Waals surface area contributed by atoms with E-state index >= 15 is 0 Å². The summed E-state index contributed by atoms with van der Waals surface area (Å²) in [6, 6.07) is 3.54. The van der Waals surface area contributed by atoms with Crippen molar-refractivity contribution in [3.8, 4) is 0 Å². The number of sulfonamides is 1. The summed E-state index contributed by atoms with van der Waals surface area (Å²) in [6.07, 6.45) is 2.87. The van der Waals surface area contributed by atoms with Gasteiger partial charge in [-0.2, -0.15) is 0 Å². The van der Waals surface area contributed by atoms with Gasteiger partial charge in [-0.15, -0.1) is 0 Å². The normalized spacial score (nSPS) is 17.5. The topological polar surface area (TPSA) is 81.4 Å². The zero-order valence-corrected chi connectivity index (χ0v) is 13.7. The van der Waals surface area contributed by atoms with Crippen molar-refractivity contribution in [2.75, 3.05) is 13.7 Å². The third-order valence-electron chi connectivity index (χ3n) is 4.43. The number of nitrogens with one attached hydrogen (secondary N) is 1. The Kier molecular flexibility index (Phi) is 4.72. The van der Waals surface area contributed by atoms with Crippen LogP contribution in [0.2, 0.25) is 0 Å². The van der Waals surface area contributed by atoms with E-state index < -0.39 is 10.0 Å². The summed E-state index contributed by atoms with van der Waals surface area (Å²) < 4.78 is 33.2. The van der Waals surface area contributed by atoms with Gasteiger partial charge in [-0.1, -0.05) is 6.07 Å². The predicted octanol–water partition coefficient (Wildman–Crippen LogP) is 1.61. The smallest absolute Gasteiger partial charge is 0.240 e. The molecule has 1 aromatic carbocycles. The fourth-order valence-corrected chi connectivity index (χ4v) is 4.10. The lowest BCUT2D eigenvalue weighted by molar-refractivity contribution is -0.0659. The van der Waals surface area contributed by atoms with Crippen LogP contribution < -0.4 is 10.5 Å². The molecule has 118 valence electrons. The monoisotopic (exact) mass is 312 g/mol. The first-order valence-corrected chi connectivity index (χ1v) is 8.67. The van der Waals surface area contributed by atoms with Gasteiger partial charge in [0.05, 0.1) is 10.5 Å². The van der Waals surface area contributed by atoms with Gasteiger partial charge < -0.3 is 10.5 Å². The van der Waals surface area contributed by atoms with Gasteiger partial charge in [0.25, 0.3) is 0 Å². The van der Waals surface area contributed by atoms with E-state index in [1.165, 1.54) is 0 Å². The molecular weight excluding hydrogens is 288 g/mol. The highest BCUT2D eigenvalue weighted by Gasteiger charge is 2.38. The minimum absolute atomic E-state index is 0.305. The molecule has 0 aliphatic heterocycles. The molecule has 0 heterocycles. The van der Waals surface area contributed by atoms with E-state index in [0.29, 0.717) is 18.0 Å². The molecule has 0 spiro atoms. The minimum Gasteiger partial charge on any atom is -0.377 e. The van der Waals surface area contributed by atoms with Gasteiger partial charge >= 0.3 is 0 Å². The van der Waals surface area contributed by atoms with E-state index in [0.717, 1.165) is 36.0 Å². The molecule has 0 bridgehead atoms. The Morgan fingerprint density at radius 1 is 1.29 bits per heavy atom. The van der Waals surface area contributed by atoms with Crippen molar-refractivity contribution in [1.82, 2.24) is 4.72 Å². The van der Waals surface area contributed by atoms with E-state index in [4.69, 9.17) is 10.5 Å². The number of ether oxygens (including phenoxy) is 1. The summed E-state index contributed by atoms with van der Waals surface area (Å²) in [4.78, 5) is 0.305. The molecule has 1 aliphatic rings. The lowest BCUT2D eigenvalue weighted by Gasteiger charge is -2.40. The third-order valence-corrected chi connectivity index (χ3v) is 5.97. The van der Waals surface area contributed by atoms with Crippen LogP contribution in [0.15, 0.2) is 17.0 Å². The number of aryl methyl sites for hydroxylation is 2. The number of nitrogens with two attached hydrogens (primary N) is 1. The van der Waals surface area contributed by atoms with Gasteiger partial charge in [-0.25, -0.2) is 13.1 Å². The van der Waals surface area contributed by atoms with Gasteiger partial charge in [0.1, 0.15) is 0 Å². The Labute approximate surface area is 126 Å². The summed E-state index contributed by atoms with van der Waals surface area (Å²) in [5.41, 5.74) is 7.94. The van der Waals surface area contributed by atoms with Crippen molar-refractivity contribution in [3.05, 3.63) is 28.8 Å². The van der Waals surface area contributed by atoms with Crippen LogP contribution in [0.4, 0.5) is 0 Å². The number of rotatable bonds is 6. The maximum atomic E-state index is 12.5. The summed E-state index contributed by atoms with van der Waals surface area (Å²) in [7, 11) is -1.91. The summed E-state index contributed by atoms with van der Waals surface area (Å²) >= 11 is 0. The van der Waals surface area contributed by atoms with Gasteiger partial charge in [0.15, 0.2) is 0 Å². The number of methoxy groups -OCH3 is 1. The standard InChI is InChI=1S/C15H24N2O3S/c1-11-7-12(2)14(8-13(11)9-16)21(18,19)17-10-15(20-3)5-4-6-15/h7-8,17H,4-6,9-10,16H2,1-3H3. The Morgan fingerprint density at radius 2 is 1.95 bits per heavy atom. The lowest BCUT2D eigenvalue weighted by Crippen LogP contribution is -2.49. The Bertz CT molecular complexity index is 617. The van der Waals surface area contributed by atoms with Crippen LogP contribution in [0.25, 0.3) is 0 Å². The molecule has 0 saturated heterocycles. The zero-order valence-electron chi connectivity index (χ0n) is 12.9. The first kappa shape index (κ1) is 16.4.